The van der Waals surface area contributed by atoms with Crippen molar-refractivity contribution in [2.45, 2.75) is 63.6 Å². The number of fused-ring (bicyclic) bond motifs is 1. The average molecular weight is 356 g/mol. The zero-order valence-corrected chi connectivity index (χ0v) is 14.7. The standard InChI is InChI=1S/C19H24N4O3/c20-15-4-1-2-5-16(15)21-13-8-9-14-12(10-13)11-22(19(14)26)23-17(24)6-3-7-18(23)25/h8-10,15-16,21H,1-7,11,20H2/t15-,16-/m0/s1. The Balaban J connectivity index is 1.53. The summed E-state index contributed by atoms with van der Waals surface area (Å²) >= 11 is 0. The summed E-state index contributed by atoms with van der Waals surface area (Å²) in [6.07, 6.45) is 5.57. The van der Waals surface area contributed by atoms with Crippen LogP contribution in [0.3, 0.4) is 0 Å². The summed E-state index contributed by atoms with van der Waals surface area (Å²) in [6, 6.07) is 5.96. The van der Waals surface area contributed by atoms with Crippen molar-refractivity contribution in [2.75, 3.05) is 5.32 Å². The van der Waals surface area contributed by atoms with E-state index in [9.17, 15) is 14.4 Å². The highest BCUT2D eigenvalue weighted by Crippen LogP contribution is 2.30. The lowest BCUT2D eigenvalue weighted by molar-refractivity contribution is -0.163. The number of hydrogen-bond donors (Lipinski definition) is 2. The second-order valence-electron chi connectivity index (χ2n) is 7.39. The van der Waals surface area contributed by atoms with Gasteiger partial charge in [-0.15, -0.1) is 0 Å². The molecule has 138 valence electrons. The third kappa shape index (κ3) is 2.96. The van der Waals surface area contributed by atoms with Gasteiger partial charge in [0, 0.05) is 36.2 Å². The van der Waals surface area contributed by atoms with Crippen LogP contribution in [0.4, 0.5) is 5.69 Å². The van der Waals surface area contributed by atoms with Gasteiger partial charge in [-0.3, -0.25) is 14.4 Å². The summed E-state index contributed by atoms with van der Waals surface area (Å²) in [7, 11) is 0. The van der Waals surface area contributed by atoms with Crippen molar-refractivity contribution >= 4 is 23.4 Å². The van der Waals surface area contributed by atoms with Crippen LogP contribution in [0.1, 0.15) is 60.9 Å². The molecule has 7 nitrogen and oxygen atoms in total. The molecule has 0 radical (unpaired) electrons. The van der Waals surface area contributed by atoms with E-state index >= 15 is 0 Å². The first-order valence-electron chi connectivity index (χ1n) is 9.37. The monoisotopic (exact) mass is 356 g/mol. The number of nitrogens with zero attached hydrogens (tertiary/aromatic N) is 2. The van der Waals surface area contributed by atoms with Gasteiger partial charge < -0.3 is 11.1 Å². The van der Waals surface area contributed by atoms with Gasteiger partial charge in [-0.05, 0) is 43.0 Å². The topological polar surface area (TPSA) is 95.7 Å². The van der Waals surface area contributed by atoms with Gasteiger partial charge >= 0.3 is 0 Å². The van der Waals surface area contributed by atoms with Gasteiger partial charge in [0.05, 0.1) is 6.54 Å². The van der Waals surface area contributed by atoms with Crippen LogP contribution in [-0.2, 0) is 16.1 Å². The predicted molar refractivity (Wildman–Crippen MR) is 95.9 cm³/mol. The molecule has 7 heteroatoms. The predicted octanol–water partition coefficient (Wildman–Crippen LogP) is 1.78. The van der Waals surface area contributed by atoms with Crippen molar-refractivity contribution in [3.05, 3.63) is 29.3 Å². The Morgan fingerprint density at radius 2 is 1.73 bits per heavy atom. The maximum absolute atomic E-state index is 12.7. The van der Waals surface area contributed by atoms with Gasteiger partial charge in [-0.2, -0.15) is 5.01 Å². The molecule has 4 rings (SSSR count). The number of nitrogens with one attached hydrogen (secondary N) is 1. The minimum Gasteiger partial charge on any atom is -0.381 e. The molecule has 26 heavy (non-hydrogen) atoms. The quantitative estimate of drug-likeness (QED) is 0.805. The molecule has 1 saturated carbocycles. The number of hydrogen-bond acceptors (Lipinski definition) is 5. The molecule has 1 aromatic carbocycles. The van der Waals surface area contributed by atoms with Crippen molar-refractivity contribution in [2.24, 2.45) is 5.73 Å². The van der Waals surface area contributed by atoms with Crippen LogP contribution in [0.2, 0.25) is 0 Å². The molecule has 0 unspecified atom stereocenters. The number of hydrazine groups is 1. The molecule has 2 aliphatic heterocycles. The number of amides is 3. The van der Waals surface area contributed by atoms with Crippen LogP contribution in [0.25, 0.3) is 0 Å². The lowest BCUT2D eigenvalue weighted by atomic mass is 9.91. The zero-order chi connectivity index (χ0) is 18.3. The third-order valence-corrected chi connectivity index (χ3v) is 5.56. The smallest absolute Gasteiger partial charge is 0.273 e. The van der Waals surface area contributed by atoms with E-state index in [-0.39, 0.29) is 36.3 Å². The van der Waals surface area contributed by atoms with E-state index in [1.54, 1.807) is 6.07 Å². The SMILES string of the molecule is N[C@H]1CCCC[C@@H]1Nc1ccc2c(c1)CN(N1C(=O)CCCC1=O)C2=O. The highest BCUT2D eigenvalue weighted by Gasteiger charge is 2.39. The molecular weight excluding hydrogens is 332 g/mol. The van der Waals surface area contributed by atoms with E-state index in [1.165, 1.54) is 17.9 Å². The number of piperidine rings is 1. The van der Waals surface area contributed by atoms with E-state index < -0.39 is 0 Å². The molecule has 2 fully saturated rings. The van der Waals surface area contributed by atoms with Crippen molar-refractivity contribution in [3.8, 4) is 0 Å². The summed E-state index contributed by atoms with van der Waals surface area (Å²) in [6.45, 7) is 0.248. The molecule has 3 N–H and O–H groups in total. The van der Waals surface area contributed by atoms with Crippen LogP contribution in [-0.4, -0.2) is 39.8 Å². The Morgan fingerprint density at radius 3 is 2.46 bits per heavy atom. The van der Waals surface area contributed by atoms with E-state index in [1.807, 2.05) is 12.1 Å². The van der Waals surface area contributed by atoms with E-state index in [0.29, 0.717) is 24.8 Å². The molecular formula is C19H24N4O3. The minimum absolute atomic E-state index is 0.138. The molecule has 1 aliphatic carbocycles. The Labute approximate surface area is 152 Å². The van der Waals surface area contributed by atoms with E-state index in [0.717, 1.165) is 29.1 Å². The molecule has 1 aromatic rings. The highest BCUT2D eigenvalue weighted by atomic mass is 16.2. The number of nitrogens with two attached hydrogens (primary N) is 1. The van der Waals surface area contributed by atoms with E-state index in [4.69, 9.17) is 5.73 Å². The Bertz CT molecular complexity index is 747. The normalized spacial score (nSPS) is 26.3. The molecule has 0 spiro atoms. The molecule has 3 amide bonds. The van der Waals surface area contributed by atoms with Crippen LogP contribution in [0.5, 0.6) is 0 Å². The second-order valence-corrected chi connectivity index (χ2v) is 7.39. The maximum atomic E-state index is 12.7. The summed E-state index contributed by atoms with van der Waals surface area (Å²) in [5.74, 6) is -0.882. The fraction of sp³-hybridized carbons (Fsp3) is 0.526. The van der Waals surface area contributed by atoms with Gasteiger partial charge in [-0.1, -0.05) is 12.8 Å². The number of anilines is 1. The molecule has 0 aromatic heterocycles. The van der Waals surface area contributed by atoms with Crippen LogP contribution in [0.15, 0.2) is 18.2 Å². The molecule has 0 bridgehead atoms. The largest absolute Gasteiger partial charge is 0.381 e. The fourth-order valence-electron chi connectivity index (χ4n) is 4.12. The molecule has 2 heterocycles. The zero-order valence-electron chi connectivity index (χ0n) is 14.7. The van der Waals surface area contributed by atoms with Crippen molar-refractivity contribution in [3.63, 3.8) is 0 Å². The second kappa shape index (κ2) is 6.72. The van der Waals surface area contributed by atoms with Gasteiger partial charge in [0.2, 0.25) is 11.8 Å². The van der Waals surface area contributed by atoms with Gasteiger partial charge in [0.15, 0.2) is 0 Å². The van der Waals surface area contributed by atoms with Crippen molar-refractivity contribution in [1.82, 2.24) is 10.0 Å². The van der Waals surface area contributed by atoms with Crippen molar-refractivity contribution < 1.29 is 14.4 Å². The average Bonchev–Trinajstić information content (AvgIpc) is 2.93. The first-order chi connectivity index (χ1) is 12.5. The number of carbonyl (C=O) groups excluding carboxylic acids is 3. The third-order valence-electron chi connectivity index (χ3n) is 5.56. The number of rotatable bonds is 3. The van der Waals surface area contributed by atoms with Gasteiger partial charge in [-0.25, -0.2) is 5.01 Å². The Morgan fingerprint density at radius 1 is 1.00 bits per heavy atom. The number of benzene rings is 1. The van der Waals surface area contributed by atoms with Crippen LogP contribution in [0, 0.1) is 0 Å². The Hall–Kier alpha value is -2.41. The lowest BCUT2D eigenvalue weighted by Crippen LogP contribution is -2.51. The summed E-state index contributed by atoms with van der Waals surface area (Å²) in [5.41, 5.74) is 8.51. The lowest BCUT2D eigenvalue weighted by Gasteiger charge is -2.32. The summed E-state index contributed by atoms with van der Waals surface area (Å²) in [4.78, 5) is 37.0. The van der Waals surface area contributed by atoms with Crippen LogP contribution >= 0.6 is 0 Å². The molecule has 2 atom stereocenters. The first-order valence-corrected chi connectivity index (χ1v) is 9.37. The maximum Gasteiger partial charge on any atom is 0.273 e. The van der Waals surface area contributed by atoms with Gasteiger partial charge in [0.1, 0.15) is 0 Å². The van der Waals surface area contributed by atoms with Crippen molar-refractivity contribution in [1.29, 1.82) is 0 Å². The first kappa shape index (κ1) is 17.0. The minimum atomic E-state index is -0.297. The van der Waals surface area contributed by atoms with Crippen LogP contribution < -0.4 is 11.1 Å². The number of carbonyl (C=O) groups is 3. The summed E-state index contributed by atoms with van der Waals surface area (Å²) in [5, 5.41) is 5.80. The van der Waals surface area contributed by atoms with Gasteiger partial charge in [0.25, 0.3) is 5.91 Å². The van der Waals surface area contributed by atoms with E-state index in [2.05, 4.69) is 5.32 Å². The number of imide groups is 1. The molecule has 1 saturated heterocycles. The fourth-order valence-corrected chi connectivity index (χ4v) is 4.12. The highest BCUT2D eigenvalue weighted by molar-refractivity contribution is 6.04. The Kier molecular flexibility index (Phi) is 4.40. The summed E-state index contributed by atoms with van der Waals surface area (Å²) < 4.78 is 0. The molecule has 3 aliphatic rings.